The Morgan fingerprint density at radius 2 is 1.48 bits per heavy atom. The van der Waals surface area contributed by atoms with Crippen LogP contribution in [0, 0.1) is 0 Å². The van der Waals surface area contributed by atoms with Gasteiger partial charge in [0.1, 0.15) is 0 Å². The van der Waals surface area contributed by atoms with Crippen LogP contribution in [0.4, 0.5) is 0 Å². The first-order valence-electron chi connectivity index (χ1n) is 7.04. The number of hydrogen-bond acceptors (Lipinski definition) is 3. The van der Waals surface area contributed by atoms with Gasteiger partial charge in [-0.25, -0.2) is 0 Å². The van der Waals surface area contributed by atoms with Crippen molar-refractivity contribution < 1.29 is 4.79 Å². The number of carbonyl (C=O) groups is 1. The van der Waals surface area contributed by atoms with E-state index in [-0.39, 0.29) is 0 Å². The fourth-order valence-electron chi connectivity index (χ4n) is 2.27. The number of carbonyl (C=O) groups excluding carboxylic acids is 1. The molecule has 0 spiro atoms. The summed E-state index contributed by atoms with van der Waals surface area (Å²) in [5, 5.41) is 0. The number of benzene rings is 2. The van der Waals surface area contributed by atoms with Crippen LogP contribution >= 0.6 is 0 Å². The quantitative estimate of drug-likeness (QED) is 0.813. The van der Waals surface area contributed by atoms with E-state index in [0.29, 0.717) is 12.1 Å². The van der Waals surface area contributed by atoms with Gasteiger partial charge in [-0.05, 0) is 23.3 Å². The molecule has 0 heterocycles. The number of rotatable bonds is 7. The lowest BCUT2D eigenvalue weighted by Gasteiger charge is -2.22. The molecule has 4 N–H and O–H groups in total. The number of amides is 1. The number of hydrogen-bond donors (Lipinski definition) is 2. The Morgan fingerprint density at radius 3 is 2.00 bits per heavy atom. The Labute approximate surface area is 125 Å². The third-order valence-electron chi connectivity index (χ3n) is 3.34. The van der Waals surface area contributed by atoms with E-state index in [4.69, 9.17) is 11.5 Å². The van der Waals surface area contributed by atoms with E-state index in [9.17, 15) is 4.79 Å². The molecule has 1 amide bonds. The first-order valence-corrected chi connectivity index (χ1v) is 7.04. The zero-order valence-electron chi connectivity index (χ0n) is 12.0. The van der Waals surface area contributed by atoms with Crippen LogP contribution in [0.1, 0.15) is 21.5 Å². The van der Waals surface area contributed by atoms with E-state index in [1.165, 1.54) is 5.56 Å². The normalized spacial score (nSPS) is 10.8. The molecule has 0 atom stereocenters. The zero-order valence-corrected chi connectivity index (χ0v) is 12.0. The van der Waals surface area contributed by atoms with Crippen molar-refractivity contribution in [2.24, 2.45) is 11.5 Å². The van der Waals surface area contributed by atoms with Crippen molar-refractivity contribution in [3.63, 3.8) is 0 Å². The van der Waals surface area contributed by atoms with Gasteiger partial charge in [-0.15, -0.1) is 0 Å². The summed E-state index contributed by atoms with van der Waals surface area (Å²) in [7, 11) is 0. The van der Waals surface area contributed by atoms with Crippen molar-refractivity contribution in [3.05, 3.63) is 71.3 Å². The maximum Gasteiger partial charge on any atom is 0.248 e. The second-order valence-corrected chi connectivity index (χ2v) is 5.05. The lowest BCUT2D eigenvalue weighted by atomic mass is 10.1. The van der Waals surface area contributed by atoms with Gasteiger partial charge < -0.3 is 11.5 Å². The summed E-state index contributed by atoms with van der Waals surface area (Å²) in [6.07, 6.45) is 0. The van der Waals surface area contributed by atoms with Gasteiger partial charge in [-0.1, -0.05) is 42.5 Å². The Kier molecular flexibility index (Phi) is 5.49. The summed E-state index contributed by atoms with van der Waals surface area (Å²) in [6, 6.07) is 17.7. The molecule has 0 aliphatic carbocycles. The van der Waals surface area contributed by atoms with Gasteiger partial charge in [0.05, 0.1) is 0 Å². The van der Waals surface area contributed by atoms with Gasteiger partial charge in [0.2, 0.25) is 5.91 Å². The summed E-state index contributed by atoms with van der Waals surface area (Å²) in [5.41, 5.74) is 13.9. The van der Waals surface area contributed by atoms with Crippen molar-refractivity contribution in [1.29, 1.82) is 0 Å². The van der Waals surface area contributed by atoms with E-state index in [0.717, 1.165) is 25.2 Å². The topological polar surface area (TPSA) is 72.3 Å². The van der Waals surface area contributed by atoms with E-state index in [1.807, 2.05) is 30.3 Å². The minimum Gasteiger partial charge on any atom is -0.366 e. The second kappa shape index (κ2) is 7.57. The molecule has 0 aromatic heterocycles. The fraction of sp³-hybridized carbons (Fsp3) is 0.235. The molecular formula is C17H21N3O. The van der Waals surface area contributed by atoms with Crippen LogP contribution in [-0.4, -0.2) is 23.9 Å². The van der Waals surface area contributed by atoms with Crippen LogP contribution in [0.3, 0.4) is 0 Å². The van der Waals surface area contributed by atoms with E-state index >= 15 is 0 Å². The first kappa shape index (κ1) is 15.2. The number of nitrogens with zero attached hydrogens (tertiary/aromatic N) is 1. The molecule has 0 bridgehead atoms. The van der Waals surface area contributed by atoms with Crippen molar-refractivity contribution in [3.8, 4) is 0 Å². The second-order valence-electron chi connectivity index (χ2n) is 5.05. The van der Waals surface area contributed by atoms with Crippen molar-refractivity contribution >= 4 is 5.91 Å². The Morgan fingerprint density at radius 1 is 0.905 bits per heavy atom. The number of nitrogens with two attached hydrogens (primary N) is 2. The van der Waals surface area contributed by atoms with Crippen LogP contribution in [0.25, 0.3) is 0 Å². The van der Waals surface area contributed by atoms with Crippen LogP contribution in [-0.2, 0) is 13.1 Å². The third-order valence-corrected chi connectivity index (χ3v) is 3.34. The summed E-state index contributed by atoms with van der Waals surface area (Å²) in [6.45, 7) is 3.10. The molecular weight excluding hydrogens is 262 g/mol. The van der Waals surface area contributed by atoms with Gasteiger partial charge in [0.15, 0.2) is 0 Å². The summed E-state index contributed by atoms with van der Waals surface area (Å²) in [5.74, 6) is -0.398. The summed E-state index contributed by atoms with van der Waals surface area (Å²) < 4.78 is 0. The molecule has 2 rings (SSSR count). The standard InChI is InChI=1S/C17H21N3O/c18-10-11-20(12-14-4-2-1-3-5-14)13-15-6-8-16(9-7-15)17(19)21/h1-9H,10-13,18H2,(H2,19,21). The average molecular weight is 283 g/mol. The molecule has 0 radical (unpaired) electrons. The maximum atomic E-state index is 11.1. The molecule has 0 saturated carbocycles. The van der Waals surface area contributed by atoms with Gasteiger partial charge in [-0.2, -0.15) is 0 Å². The van der Waals surface area contributed by atoms with Gasteiger partial charge >= 0.3 is 0 Å². The van der Waals surface area contributed by atoms with Gasteiger partial charge in [0, 0.05) is 31.7 Å². The van der Waals surface area contributed by atoms with Crippen molar-refractivity contribution in [2.45, 2.75) is 13.1 Å². The fourth-order valence-corrected chi connectivity index (χ4v) is 2.27. The molecule has 0 unspecified atom stereocenters. The molecule has 110 valence electrons. The van der Waals surface area contributed by atoms with Crippen LogP contribution in [0.5, 0.6) is 0 Å². The van der Waals surface area contributed by atoms with Crippen LogP contribution in [0.15, 0.2) is 54.6 Å². The predicted molar refractivity (Wildman–Crippen MR) is 84.6 cm³/mol. The van der Waals surface area contributed by atoms with E-state index in [1.54, 1.807) is 12.1 Å². The molecule has 0 saturated heterocycles. The highest BCUT2D eigenvalue weighted by Gasteiger charge is 2.07. The summed E-state index contributed by atoms with van der Waals surface area (Å²) >= 11 is 0. The molecule has 0 aliphatic heterocycles. The minimum atomic E-state index is -0.398. The number of primary amides is 1. The SMILES string of the molecule is NCCN(Cc1ccccc1)Cc1ccc(C(N)=O)cc1. The van der Waals surface area contributed by atoms with Crippen LogP contribution < -0.4 is 11.5 Å². The maximum absolute atomic E-state index is 11.1. The Hall–Kier alpha value is -2.17. The smallest absolute Gasteiger partial charge is 0.248 e. The monoisotopic (exact) mass is 283 g/mol. The average Bonchev–Trinajstić information content (AvgIpc) is 2.49. The van der Waals surface area contributed by atoms with E-state index in [2.05, 4.69) is 17.0 Å². The highest BCUT2D eigenvalue weighted by atomic mass is 16.1. The molecule has 2 aromatic carbocycles. The van der Waals surface area contributed by atoms with Crippen LogP contribution in [0.2, 0.25) is 0 Å². The predicted octanol–water partition coefficient (Wildman–Crippen LogP) is 1.75. The molecule has 0 aliphatic rings. The third kappa shape index (κ3) is 4.70. The van der Waals surface area contributed by atoms with Gasteiger partial charge in [0.25, 0.3) is 0 Å². The minimum absolute atomic E-state index is 0.398. The Balaban J connectivity index is 2.03. The van der Waals surface area contributed by atoms with Gasteiger partial charge in [-0.3, -0.25) is 9.69 Å². The molecule has 2 aromatic rings. The highest BCUT2D eigenvalue weighted by molar-refractivity contribution is 5.92. The van der Waals surface area contributed by atoms with Crippen molar-refractivity contribution in [1.82, 2.24) is 4.90 Å². The molecule has 0 fully saturated rings. The lowest BCUT2D eigenvalue weighted by Crippen LogP contribution is -2.28. The van der Waals surface area contributed by atoms with E-state index < -0.39 is 5.91 Å². The molecule has 4 nitrogen and oxygen atoms in total. The molecule has 4 heteroatoms. The summed E-state index contributed by atoms with van der Waals surface area (Å²) in [4.78, 5) is 13.4. The Bertz CT molecular complexity index is 566. The molecule has 21 heavy (non-hydrogen) atoms. The highest BCUT2D eigenvalue weighted by Crippen LogP contribution is 2.10. The zero-order chi connectivity index (χ0) is 15.1. The van der Waals surface area contributed by atoms with Crippen molar-refractivity contribution in [2.75, 3.05) is 13.1 Å². The largest absolute Gasteiger partial charge is 0.366 e. The lowest BCUT2D eigenvalue weighted by molar-refractivity contribution is 0.100. The first-order chi connectivity index (χ1) is 10.2.